The highest BCUT2D eigenvalue weighted by Gasteiger charge is 2.51. The zero-order valence-electron chi connectivity index (χ0n) is 19.5. The topological polar surface area (TPSA) is 93.9 Å². The largest absolute Gasteiger partial charge is 0.459 e. The van der Waals surface area contributed by atoms with Crippen LogP contribution in [0.1, 0.15) is 56.2 Å². The van der Waals surface area contributed by atoms with Gasteiger partial charge in [0.15, 0.2) is 0 Å². The van der Waals surface area contributed by atoms with Crippen LogP contribution >= 0.6 is 0 Å². The first kappa shape index (κ1) is 22.6. The van der Waals surface area contributed by atoms with E-state index in [-0.39, 0.29) is 24.3 Å². The lowest BCUT2D eigenvalue weighted by molar-refractivity contribution is -0.160. The summed E-state index contributed by atoms with van der Waals surface area (Å²) in [6.45, 7) is 3.76. The van der Waals surface area contributed by atoms with Crippen molar-refractivity contribution in [2.45, 2.75) is 65.0 Å². The number of ether oxygens (including phenoxy) is 1. The molecule has 2 heterocycles. The summed E-state index contributed by atoms with van der Waals surface area (Å²) in [6, 6.07) is 4.30. The van der Waals surface area contributed by atoms with Gasteiger partial charge in [0.05, 0.1) is 11.8 Å². The third kappa shape index (κ3) is 3.97. The summed E-state index contributed by atoms with van der Waals surface area (Å²) in [6.07, 6.45) is 8.21. The van der Waals surface area contributed by atoms with Gasteiger partial charge in [0.1, 0.15) is 18.2 Å². The van der Waals surface area contributed by atoms with Crippen LogP contribution in [0.25, 0.3) is 11.0 Å². The zero-order valence-corrected chi connectivity index (χ0v) is 19.5. The molecule has 3 atom stereocenters. The van der Waals surface area contributed by atoms with Gasteiger partial charge >= 0.3 is 11.6 Å². The molecule has 0 saturated carbocycles. The number of allylic oxidation sites excluding steroid dienone is 2. The van der Waals surface area contributed by atoms with Crippen LogP contribution in [-0.4, -0.2) is 28.7 Å². The number of rotatable bonds is 6. The van der Waals surface area contributed by atoms with E-state index in [1.54, 1.807) is 0 Å². The minimum Gasteiger partial charge on any atom is -0.459 e. The average Bonchev–Trinajstić information content (AvgIpc) is 3.36. The number of nitrogens with zero attached hydrogens (tertiary/aromatic N) is 1. The number of hydrogen-bond donors (Lipinski definition) is 0. The number of imide groups is 1. The monoisotopic (exact) mass is 463 g/mol. The van der Waals surface area contributed by atoms with Gasteiger partial charge in [-0.15, -0.1) is 0 Å². The summed E-state index contributed by atoms with van der Waals surface area (Å²) in [5.74, 6) is -1.92. The van der Waals surface area contributed by atoms with Gasteiger partial charge in [0.2, 0.25) is 11.8 Å². The highest BCUT2D eigenvalue weighted by atomic mass is 16.5. The second-order valence-corrected chi connectivity index (χ2v) is 10.0. The van der Waals surface area contributed by atoms with Crippen molar-refractivity contribution < 1.29 is 23.5 Å². The number of esters is 1. The third-order valence-electron chi connectivity index (χ3n) is 7.23. The number of carbonyl (C=O) groups is 3. The molecule has 5 rings (SSSR count). The van der Waals surface area contributed by atoms with Crippen molar-refractivity contribution in [3.8, 4) is 0 Å². The summed E-state index contributed by atoms with van der Waals surface area (Å²) in [4.78, 5) is 52.7. The summed E-state index contributed by atoms with van der Waals surface area (Å²) in [5, 5.41) is 0.749. The lowest BCUT2D eigenvalue weighted by atomic mass is 9.85. The van der Waals surface area contributed by atoms with Crippen molar-refractivity contribution in [2.75, 3.05) is 0 Å². The number of amides is 2. The van der Waals surface area contributed by atoms with Gasteiger partial charge in [-0.3, -0.25) is 14.5 Å². The van der Waals surface area contributed by atoms with Crippen LogP contribution in [0, 0.1) is 17.8 Å². The van der Waals surface area contributed by atoms with E-state index in [0.717, 1.165) is 29.5 Å². The number of benzene rings is 1. The molecule has 0 bridgehead atoms. The summed E-state index contributed by atoms with van der Waals surface area (Å²) >= 11 is 0. The van der Waals surface area contributed by atoms with Crippen molar-refractivity contribution in [3.63, 3.8) is 0 Å². The normalized spacial score (nSPS) is 22.4. The first-order valence-electron chi connectivity index (χ1n) is 12.1. The van der Waals surface area contributed by atoms with E-state index < -0.39 is 29.5 Å². The van der Waals surface area contributed by atoms with Crippen LogP contribution in [0.4, 0.5) is 0 Å². The first-order chi connectivity index (χ1) is 16.3. The van der Waals surface area contributed by atoms with Crippen molar-refractivity contribution >= 4 is 28.8 Å². The number of aryl methyl sites for hydroxylation is 2. The smallest absolute Gasteiger partial charge is 0.336 e. The summed E-state index contributed by atoms with van der Waals surface area (Å²) < 4.78 is 11.1. The van der Waals surface area contributed by atoms with E-state index in [2.05, 4.69) is 0 Å². The molecule has 1 aromatic carbocycles. The fourth-order valence-corrected chi connectivity index (χ4v) is 5.55. The Bertz CT molecular complexity index is 1230. The molecule has 1 fully saturated rings. The molecule has 0 radical (unpaired) electrons. The maximum absolute atomic E-state index is 13.3. The second-order valence-electron chi connectivity index (χ2n) is 10.0. The van der Waals surface area contributed by atoms with E-state index in [4.69, 9.17) is 9.15 Å². The maximum atomic E-state index is 13.3. The standard InChI is InChI=1S/C27H29NO6/c1-15(2)10-22(28-25(30)19-8-3-4-9-20(19)26(28)31)27(32)33-14-18-13-24(29)34-23-12-17-7-5-6-16(17)11-21(18)23/h3-4,11-13,15,19-20,22H,5-10,14H2,1-2H3/t19-,20+,22-/m0/s1. The molecule has 2 aromatic rings. The molecular weight excluding hydrogens is 434 g/mol. The molecule has 0 N–H and O–H groups in total. The van der Waals surface area contributed by atoms with Crippen LogP contribution in [0.5, 0.6) is 0 Å². The predicted octanol–water partition coefficient (Wildman–Crippen LogP) is 3.69. The van der Waals surface area contributed by atoms with Crippen LogP contribution < -0.4 is 5.63 Å². The van der Waals surface area contributed by atoms with Crippen molar-refractivity contribution in [3.05, 3.63) is 57.5 Å². The fraction of sp³-hybridized carbons (Fsp3) is 0.481. The first-order valence-corrected chi connectivity index (χ1v) is 12.1. The molecule has 3 aliphatic rings. The van der Waals surface area contributed by atoms with Gasteiger partial charge in [0.25, 0.3) is 0 Å². The summed E-state index contributed by atoms with van der Waals surface area (Å²) in [7, 11) is 0. The van der Waals surface area contributed by atoms with Crippen LogP contribution in [0.3, 0.4) is 0 Å². The molecule has 1 saturated heterocycles. The third-order valence-corrected chi connectivity index (χ3v) is 7.23. The minimum atomic E-state index is -0.971. The Morgan fingerprint density at radius 1 is 1.03 bits per heavy atom. The Hall–Kier alpha value is -3.22. The zero-order chi connectivity index (χ0) is 24.0. The highest BCUT2D eigenvalue weighted by Crippen LogP contribution is 2.37. The molecule has 2 aliphatic carbocycles. The molecular formula is C27H29NO6. The highest BCUT2D eigenvalue weighted by molar-refractivity contribution is 6.08. The van der Waals surface area contributed by atoms with Crippen molar-refractivity contribution in [2.24, 2.45) is 17.8 Å². The maximum Gasteiger partial charge on any atom is 0.336 e. The minimum absolute atomic E-state index is 0.0751. The number of carbonyl (C=O) groups excluding carboxylic acids is 3. The van der Waals surface area contributed by atoms with Gasteiger partial charge in [-0.2, -0.15) is 0 Å². The average molecular weight is 464 g/mol. The van der Waals surface area contributed by atoms with E-state index in [9.17, 15) is 19.2 Å². The molecule has 2 amide bonds. The van der Waals surface area contributed by atoms with Crippen LogP contribution in [0.15, 0.2) is 39.6 Å². The molecule has 178 valence electrons. The lowest BCUT2D eigenvalue weighted by Gasteiger charge is -2.26. The molecule has 1 aromatic heterocycles. The Kier molecular flexibility index (Phi) is 5.88. The van der Waals surface area contributed by atoms with Gasteiger partial charge in [-0.25, -0.2) is 9.59 Å². The summed E-state index contributed by atoms with van der Waals surface area (Å²) in [5.41, 5.74) is 2.95. The van der Waals surface area contributed by atoms with Gasteiger partial charge < -0.3 is 9.15 Å². The van der Waals surface area contributed by atoms with Crippen LogP contribution in [-0.2, 0) is 38.6 Å². The quantitative estimate of drug-likeness (QED) is 0.281. The van der Waals surface area contributed by atoms with Crippen molar-refractivity contribution in [1.82, 2.24) is 4.90 Å². The molecule has 0 unspecified atom stereocenters. The molecule has 34 heavy (non-hydrogen) atoms. The number of hydrogen-bond acceptors (Lipinski definition) is 6. The van der Waals surface area contributed by atoms with Gasteiger partial charge in [-0.1, -0.05) is 26.0 Å². The Labute approximate surface area is 197 Å². The van der Waals surface area contributed by atoms with E-state index in [1.165, 1.54) is 17.2 Å². The Morgan fingerprint density at radius 3 is 2.32 bits per heavy atom. The second kappa shape index (κ2) is 8.85. The lowest BCUT2D eigenvalue weighted by Crippen LogP contribution is -2.47. The van der Waals surface area contributed by atoms with Crippen LogP contribution in [0.2, 0.25) is 0 Å². The SMILES string of the molecule is CC(C)C[C@@H](C(=O)OCc1cc(=O)oc2cc3c(cc12)CCC3)N1C(=O)[C@H]2CC=CC[C@H]2C1=O. The number of fused-ring (bicyclic) bond motifs is 3. The Balaban J connectivity index is 1.40. The van der Waals surface area contributed by atoms with Gasteiger partial charge in [0, 0.05) is 17.0 Å². The molecule has 1 aliphatic heterocycles. The molecule has 7 nitrogen and oxygen atoms in total. The van der Waals surface area contributed by atoms with Crippen molar-refractivity contribution in [1.29, 1.82) is 0 Å². The molecule has 0 spiro atoms. The Morgan fingerprint density at radius 2 is 1.68 bits per heavy atom. The van der Waals surface area contributed by atoms with E-state index in [0.29, 0.717) is 30.4 Å². The number of likely N-dealkylation sites (tertiary alicyclic amines) is 1. The fourth-order valence-electron chi connectivity index (χ4n) is 5.55. The van der Waals surface area contributed by atoms with E-state index in [1.807, 2.05) is 38.1 Å². The predicted molar refractivity (Wildman–Crippen MR) is 125 cm³/mol. The van der Waals surface area contributed by atoms with E-state index >= 15 is 0 Å². The molecule has 7 heteroatoms. The van der Waals surface area contributed by atoms with Gasteiger partial charge in [-0.05, 0) is 67.7 Å².